The van der Waals surface area contributed by atoms with E-state index in [2.05, 4.69) is 22.4 Å². The van der Waals surface area contributed by atoms with Crippen molar-refractivity contribution in [3.63, 3.8) is 0 Å². The van der Waals surface area contributed by atoms with Crippen molar-refractivity contribution in [2.75, 3.05) is 7.11 Å². The van der Waals surface area contributed by atoms with Crippen molar-refractivity contribution < 1.29 is 9.94 Å². The highest BCUT2D eigenvalue weighted by molar-refractivity contribution is 5.80. The second-order valence-corrected chi connectivity index (χ2v) is 3.99. The molecule has 0 aromatic carbocycles. The lowest BCUT2D eigenvalue weighted by Crippen LogP contribution is -2.32. The van der Waals surface area contributed by atoms with Crippen molar-refractivity contribution in [2.24, 2.45) is 10.9 Å². The van der Waals surface area contributed by atoms with Gasteiger partial charge in [-0.15, -0.1) is 0 Å². The van der Waals surface area contributed by atoms with E-state index in [1.165, 1.54) is 0 Å². The number of amidine groups is 1. The lowest BCUT2D eigenvalue weighted by Gasteiger charge is -2.16. The van der Waals surface area contributed by atoms with Gasteiger partial charge in [0.25, 0.3) is 0 Å². The van der Waals surface area contributed by atoms with Gasteiger partial charge in [0, 0.05) is 31.3 Å². The molecule has 0 radical (unpaired) electrons. The molecule has 0 aliphatic heterocycles. The molecule has 1 heterocycles. The Bertz CT molecular complexity index is 395. The fourth-order valence-electron chi connectivity index (χ4n) is 1.59. The molecular weight excluding hydrogens is 232 g/mol. The van der Waals surface area contributed by atoms with E-state index in [-0.39, 0.29) is 11.9 Å². The van der Waals surface area contributed by atoms with Gasteiger partial charge in [0.2, 0.25) is 5.88 Å². The molecule has 0 saturated heterocycles. The third kappa shape index (κ3) is 4.58. The first-order valence-electron chi connectivity index (χ1n) is 5.88. The van der Waals surface area contributed by atoms with Gasteiger partial charge in [-0.2, -0.15) is 0 Å². The van der Waals surface area contributed by atoms with Crippen LogP contribution >= 0.6 is 0 Å². The van der Waals surface area contributed by atoms with Crippen molar-refractivity contribution in [3.05, 3.63) is 23.9 Å². The minimum atomic E-state index is 0.181. The van der Waals surface area contributed by atoms with Crippen LogP contribution in [0, 0.1) is 0 Å². The first-order valence-corrected chi connectivity index (χ1v) is 5.88. The smallest absolute Gasteiger partial charge is 0.213 e. The molecule has 0 aliphatic rings. The minimum absolute atomic E-state index is 0.181. The van der Waals surface area contributed by atoms with Crippen LogP contribution in [-0.2, 0) is 6.54 Å². The summed E-state index contributed by atoms with van der Waals surface area (Å²) in [6.07, 6.45) is 3.13. The number of nitrogens with one attached hydrogen (secondary N) is 1. The van der Waals surface area contributed by atoms with Crippen molar-refractivity contribution in [2.45, 2.75) is 32.4 Å². The van der Waals surface area contributed by atoms with E-state index in [4.69, 9.17) is 15.7 Å². The van der Waals surface area contributed by atoms with Gasteiger partial charge in [-0.3, -0.25) is 0 Å². The van der Waals surface area contributed by atoms with Crippen LogP contribution in [0.15, 0.2) is 23.5 Å². The maximum Gasteiger partial charge on any atom is 0.213 e. The van der Waals surface area contributed by atoms with Crippen molar-refractivity contribution >= 4 is 5.84 Å². The number of hydrogen-bond donors (Lipinski definition) is 3. The number of oxime groups is 1. The molecule has 1 aromatic rings. The van der Waals surface area contributed by atoms with Crippen LogP contribution in [0.4, 0.5) is 0 Å². The van der Waals surface area contributed by atoms with Gasteiger partial charge in [0.05, 0.1) is 7.11 Å². The summed E-state index contributed by atoms with van der Waals surface area (Å²) in [5.74, 6) is 0.834. The first kappa shape index (κ1) is 14.2. The molecule has 1 rings (SSSR count). The Morgan fingerprint density at radius 2 is 2.44 bits per heavy atom. The van der Waals surface area contributed by atoms with Gasteiger partial charge in [-0.25, -0.2) is 4.98 Å². The Labute approximate surface area is 107 Å². The standard InChI is InChI=1S/C12H20N4O2/c1-3-10(7-11(13)16-17)15-8-9-4-5-14-12(6-9)18-2/h4-6,10,15,17H,3,7-8H2,1-2H3,(H2,13,16). The van der Waals surface area contributed by atoms with Gasteiger partial charge in [0.15, 0.2) is 0 Å². The molecule has 0 saturated carbocycles. The Balaban J connectivity index is 2.51. The maximum atomic E-state index is 8.54. The molecule has 6 nitrogen and oxygen atoms in total. The topological polar surface area (TPSA) is 92.8 Å². The summed E-state index contributed by atoms with van der Waals surface area (Å²) in [6.45, 7) is 2.74. The van der Waals surface area contributed by atoms with E-state index >= 15 is 0 Å². The van der Waals surface area contributed by atoms with Crippen LogP contribution < -0.4 is 15.8 Å². The number of hydrogen-bond acceptors (Lipinski definition) is 5. The lowest BCUT2D eigenvalue weighted by molar-refractivity contribution is 0.315. The number of methoxy groups -OCH3 is 1. The highest BCUT2D eigenvalue weighted by Crippen LogP contribution is 2.09. The second-order valence-electron chi connectivity index (χ2n) is 3.99. The summed E-state index contributed by atoms with van der Waals surface area (Å²) in [4.78, 5) is 4.04. The van der Waals surface area contributed by atoms with Crippen LogP contribution in [0.1, 0.15) is 25.3 Å². The van der Waals surface area contributed by atoms with Crippen LogP contribution in [0.2, 0.25) is 0 Å². The van der Waals surface area contributed by atoms with Gasteiger partial charge in [-0.1, -0.05) is 12.1 Å². The summed E-state index contributed by atoms with van der Waals surface area (Å²) in [5, 5.41) is 14.9. The monoisotopic (exact) mass is 252 g/mol. The summed E-state index contributed by atoms with van der Waals surface area (Å²) in [6, 6.07) is 3.98. The maximum absolute atomic E-state index is 8.54. The highest BCUT2D eigenvalue weighted by atomic mass is 16.5. The van der Waals surface area contributed by atoms with E-state index in [1.807, 2.05) is 12.1 Å². The van der Waals surface area contributed by atoms with Crippen LogP contribution in [-0.4, -0.2) is 29.2 Å². The molecule has 1 atom stereocenters. The Morgan fingerprint density at radius 1 is 1.67 bits per heavy atom. The second kappa shape index (κ2) is 7.50. The predicted molar refractivity (Wildman–Crippen MR) is 69.7 cm³/mol. The molecule has 0 amide bonds. The van der Waals surface area contributed by atoms with Crippen LogP contribution in [0.3, 0.4) is 0 Å². The molecule has 0 aliphatic carbocycles. The van der Waals surface area contributed by atoms with Gasteiger partial charge < -0.3 is 21.0 Å². The van der Waals surface area contributed by atoms with Crippen molar-refractivity contribution in [3.8, 4) is 5.88 Å². The van der Waals surface area contributed by atoms with E-state index in [0.717, 1.165) is 12.0 Å². The fraction of sp³-hybridized carbons (Fsp3) is 0.500. The van der Waals surface area contributed by atoms with E-state index in [0.29, 0.717) is 18.8 Å². The largest absolute Gasteiger partial charge is 0.481 e. The minimum Gasteiger partial charge on any atom is -0.481 e. The Kier molecular flexibility index (Phi) is 5.93. The summed E-state index contributed by atoms with van der Waals surface area (Å²) >= 11 is 0. The summed E-state index contributed by atoms with van der Waals surface area (Å²) in [5.41, 5.74) is 6.58. The predicted octanol–water partition coefficient (Wildman–Crippen LogP) is 1.09. The molecule has 0 fully saturated rings. The molecule has 6 heteroatoms. The normalized spacial score (nSPS) is 13.3. The average Bonchev–Trinajstić information content (AvgIpc) is 2.43. The van der Waals surface area contributed by atoms with Crippen molar-refractivity contribution in [1.29, 1.82) is 0 Å². The number of nitrogens with zero attached hydrogens (tertiary/aromatic N) is 2. The molecule has 4 N–H and O–H groups in total. The number of ether oxygens (including phenoxy) is 1. The molecule has 1 unspecified atom stereocenters. The first-order chi connectivity index (χ1) is 8.69. The fourth-order valence-corrected chi connectivity index (χ4v) is 1.59. The molecular formula is C12H20N4O2. The van der Waals surface area contributed by atoms with Crippen LogP contribution in [0.25, 0.3) is 0 Å². The average molecular weight is 252 g/mol. The summed E-state index contributed by atoms with van der Waals surface area (Å²) < 4.78 is 5.06. The Hall–Kier alpha value is -1.82. The molecule has 0 bridgehead atoms. The highest BCUT2D eigenvalue weighted by Gasteiger charge is 2.08. The van der Waals surface area contributed by atoms with Gasteiger partial charge in [0.1, 0.15) is 5.84 Å². The van der Waals surface area contributed by atoms with E-state index < -0.39 is 0 Å². The lowest BCUT2D eigenvalue weighted by atomic mass is 10.1. The van der Waals surface area contributed by atoms with E-state index in [9.17, 15) is 0 Å². The van der Waals surface area contributed by atoms with Crippen LogP contribution in [0.5, 0.6) is 5.88 Å². The molecule has 100 valence electrons. The third-order valence-electron chi connectivity index (χ3n) is 2.68. The number of rotatable bonds is 7. The number of aromatic nitrogens is 1. The SMILES string of the molecule is CCC(CC(N)=NO)NCc1ccnc(OC)c1. The quantitative estimate of drug-likeness (QED) is 0.292. The van der Waals surface area contributed by atoms with Gasteiger partial charge >= 0.3 is 0 Å². The molecule has 0 spiro atoms. The van der Waals surface area contributed by atoms with Gasteiger partial charge in [-0.05, 0) is 18.1 Å². The zero-order valence-electron chi connectivity index (χ0n) is 10.8. The number of nitrogens with two attached hydrogens (primary N) is 1. The zero-order chi connectivity index (χ0) is 13.4. The summed E-state index contributed by atoms with van der Waals surface area (Å²) in [7, 11) is 1.59. The van der Waals surface area contributed by atoms with Crippen molar-refractivity contribution in [1.82, 2.24) is 10.3 Å². The number of pyridine rings is 1. The third-order valence-corrected chi connectivity index (χ3v) is 2.68. The zero-order valence-corrected chi connectivity index (χ0v) is 10.8. The molecule has 18 heavy (non-hydrogen) atoms. The van der Waals surface area contributed by atoms with E-state index in [1.54, 1.807) is 13.3 Å². The Morgan fingerprint density at radius 3 is 3.06 bits per heavy atom. The molecule has 1 aromatic heterocycles.